The Morgan fingerprint density at radius 2 is 2.09 bits per heavy atom. The standard InChI is InChI=1S/C17H23NO3S/c1-3-4-11-22(20,21)18(2)16(19)15-12-17(15)10-9-13-7-5-6-8-14(13)17/h5-8,15H,3-4,9-12H2,1-2H3/t15-,17+/m0/s1. The van der Waals surface area contributed by atoms with Gasteiger partial charge in [0.05, 0.1) is 5.75 Å². The van der Waals surface area contributed by atoms with Crippen molar-refractivity contribution in [2.75, 3.05) is 12.8 Å². The molecule has 0 N–H and O–H groups in total. The van der Waals surface area contributed by atoms with Crippen molar-refractivity contribution in [1.82, 2.24) is 4.31 Å². The lowest BCUT2D eigenvalue weighted by Gasteiger charge is -2.19. The first-order chi connectivity index (χ1) is 10.4. The number of carbonyl (C=O) groups excluding carboxylic acids is 1. The van der Waals surface area contributed by atoms with Gasteiger partial charge in [-0.2, -0.15) is 0 Å². The lowest BCUT2D eigenvalue weighted by Crippen LogP contribution is -2.37. The lowest BCUT2D eigenvalue weighted by atomic mass is 9.95. The molecule has 0 bridgehead atoms. The monoisotopic (exact) mass is 321 g/mol. The highest BCUT2D eigenvalue weighted by molar-refractivity contribution is 7.89. The second-order valence-corrected chi connectivity index (χ2v) is 8.67. The van der Waals surface area contributed by atoms with Crippen molar-refractivity contribution < 1.29 is 13.2 Å². The van der Waals surface area contributed by atoms with Gasteiger partial charge in [0.2, 0.25) is 15.9 Å². The van der Waals surface area contributed by atoms with Gasteiger partial charge in [0.25, 0.3) is 0 Å². The molecule has 1 amide bonds. The molecule has 1 fully saturated rings. The average molecular weight is 321 g/mol. The first-order valence-electron chi connectivity index (χ1n) is 8.01. The minimum Gasteiger partial charge on any atom is -0.273 e. The average Bonchev–Trinajstić information content (AvgIpc) is 3.13. The van der Waals surface area contributed by atoms with Crippen LogP contribution in [-0.2, 0) is 26.7 Å². The number of rotatable bonds is 5. The molecule has 120 valence electrons. The van der Waals surface area contributed by atoms with E-state index < -0.39 is 10.0 Å². The number of aryl methyl sites for hydroxylation is 1. The Morgan fingerprint density at radius 3 is 2.82 bits per heavy atom. The maximum Gasteiger partial charge on any atom is 0.239 e. The third-order valence-electron chi connectivity index (χ3n) is 5.25. The fourth-order valence-electron chi connectivity index (χ4n) is 3.74. The van der Waals surface area contributed by atoms with E-state index in [1.54, 1.807) is 0 Å². The quantitative estimate of drug-likeness (QED) is 0.837. The van der Waals surface area contributed by atoms with E-state index in [-0.39, 0.29) is 23.0 Å². The van der Waals surface area contributed by atoms with Crippen molar-refractivity contribution in [2.45, 2.75) is 44.4 Å². The minimum absolute atomic E-state index is 0.0576. The number of unbranched alkanes of at least 4 members (excludes halogenated alkanes) is 1. The van der Waals surface area contributed by atoms with E-state index in [4.69, 9.17) is 0 Å². The fourth-order valence-corrected chi connectivity index (χ4v) is 5.07. The number of amides is 1. The molecule has 0 aliphatic heterocycles. The van der Waals surface area contributed by atoms with Gasteiger partial charge in [-0.05, 0) is 36.8 Å². The van der Waals surface area contributed by atoms with E-state index >= 15 is 0 Å². The first-order valence-corrected chi connectivity index (χ1v) is 9.62. The van der Waals surface area contributed by atoms with Crippen LogP contribution in [0.15, 0.2) is 24.3 Å². The highest BCUT2D eigenvalue weighted by atomic mass is 32.2. The van der Waals surface area contributed by atoms with E-state index in [0.717, 1.165) is 30.0 Å². The molecular formula is C17H23NO3S. The Balaban J connectivity index is 1.77. The topological polar surface area (TPSA) is 54.5 Å². The summed E-state index contributed by atoms with van der Waals surface area (Å²) in [6.45, 7) is 1.95. The molecule has 1 aromatic carbocycles. The molecule has 22 heavy (non-hydrogen) atoms. The summed E-state index contributed by atoms with van der Waals surface area (Å²) in [5, 5.41) is 0. The van der Waals surface area contributed by atoms with Gasteiger partial charge in [-0.1, -0.05) is 37.6 Å². The van der Waals surface area contributed by atoms with Gasteiger partial charge in [0.1, 0.15) is 0 Å². The second-order valence-electron chi connectivity index (χ2n) is 6.55. The van der Waals surface area contributed by atoms with Crippen molar-refractivity contribution in [3.8, 4) is 0 Å². The Labute approximate surface area is 132 Å². The molecule has 1 spiro atoms. The van der Waals surface area contributed by atoms with Gasteiger partial charge in [-0.15, -0.1) is 0 Å². The number of fused-ring (bicyclic) bond motifs is 2. The lowest BCUT2D eigenvalue weighted by molar-refractivity contribution is -0.127. The number of nitrogens with zero attached hydrogens (tertiary/aromatic N) is 1. The van der Waals surface area contributed by atoms with Crippen LogP contribution in [0.1, 0.15) is 43.7 Å². The number of hydrogen-bond acceptors (Lipinski definition) is 3. The van der Waals surface area contributed by atoms with Crippen LogP contribution in [0.2, 0.25) is 0 Å². The molecule has 2 aliphatic rings. The van der Waals surface area contributed by atoms with Gasteiger partial charge >= 0.3 is 0 Å². The van der Waals surface area contributed by atoms with Crippen LogP contribution in [0.3, 0.4) is 0 Å². The zero-order valence-corrected chi connectivity index (χ0v) is 14.0. The molecule has 0 heterocycles. The van der Waals surface area contributed by atoms with Gasteiger partial charge in [-0.3, -0.25) is 4.79 Å². The Bertz CT molecular complexity index is 698. The third kappa shape index (κ3) is 2.35. The highest BCUT2D eigenvalue weighted by Crippen LogP contribution is 2.62. The zero-order chi connectivity index (χ0) is 16.0. The molecule has 0 saturated heterocycles. The fraction of sp³-hybridized carbons (Fsp3) is 0.588. The van der Waals surface area contributed by atoms with Crippen LogP contribution in [-0.4, -0.2) is 31.4 Å². The van der Waals surface area contributed by atoms with Gasteiger partial charge in [0.15, 0.2) is 0 Å². The van der Waals surface area contributed by atoms with Crippen molar-refractivity contribution in [1.29, 1.82) is 0 Å². The van der Waals surface area contributed by atoms with E-state index in [0.29, 0.717) is 6.42 Å². The minimum atomic E-state index is -3.47. The van der Waals surface area contributed by atoms with Crippen LogP contribution < -0.4 is 0 Å². The molecule has 4 nitrogen and oxygen atoms in total. The van der Waals surface area contributed by atoms with Crippen LogP contribution >= 0.6 is 0 Å². The summed E-state index contributed by atoms with van der Waals surface area (Å²) in [7, 11) is -2.05. The molecule has 2 aliphatic carbocycles. The Kier molecular flexibility index (Phi) is 3.79. The van der Waals surface area contributed by atoms with Gasteiger partial charge in [-0.25, -0.2) is 12.7 Å². The van der Waals surface area contributed by atoms with Gasteiger partial charge in [0, 0.05) is 18.4 Å². The summed E-state index contributed by atoms with van der Waals surface area (Å²) in [6.07, 6.45) is 4.15. The molecular weight excluding hydrogens is 298 g/mol. The van der Waals surface area contributed by atoms with Crippen molar-refractivity contribution in [3.05, 3.63) is 35.4 Å². The summed E-state index contributed by atoms with van der Waals surface area (Å²) < 4.78 is 25.4. The summed E-state index contributed by atoms with van der Waals surface area (Å²) in [4.78, 5) is 12.6. The van der Waals surface area contributed by atoms with E-state index in [9.17, 15) is 13.2 Å². The number of sulfonamides is 1. The molecule has 3 rings (SSSR count). The predicted molar refractivity (Wildman–Crippen MR) is 86.0 cm³/mol. The van der Waals surface area contributed by atoms with Crippen LogP contribution in [0.25, 0.3) is 0 Å². The Morgan fingerprint density at radius 1 is 1.36 bits per heavy atom. The summed E-state index contributed by atoms with van der Waals surface area (Å²) in [5.41, 5.74) is 2.48. The van der Waals surface area contributed by atoms with Crippen LogP contribution in [0.5, 0.6) is 0 Å². The number of carbonyl (C=O) groups is 1. The SMILES string of the molecule is CCCCS(=O)(=O)N(C)C(=O)[C@@H]1C[C@@]12CCc1ccccc12. The smallest absolute Gasteiger partial charge is 0.239 e. The van der Waals surface area contributed by atoms with Crippen molar-refractivity contribution in [2.24, 2.45) is 5.92 Å². The largest absolute Gasteiger partial charge is 0.273 e. The van der Waals surface area contributed by atoms with Crippen molar-refractivity contribution >= 4 is 15.9 Å². The zero-order valence-electron chi connectivity index (χ0n) is 13.2. The summed E-state index contributed by atoms with van der Waals surface area (Å²) >= 11 is 0. The molecule has 0 unspecified atom stereocenters. The highest BCUT2D eigenvalue weighted by Gasteiger charge is 2.62. The predicted octanol–water partition coefficient (Wildman–Crippen LogP) is 2.48. The maximum atomic E-state index is 12.6. The second kappa shape index (κ2) is 5.37. The van der Waals surface area contributed by atoms with E-state index in [1.807, 2.05) is 19.1 Å². The number of benzene rings is 1. The summed E-state index contributed by atoms with van der Waals surface area (Å²) in [6, 6.07) is 8.25. The molecule has 1 aromatic rings. The molecule has 5 heteroatoms. The molecule has 0 aromatic heterocycles. The molecule has 2 atom stereocenters. The van der Waals surface area contributed by atoms with Crippen LogP contribution in [0.4, 0.5) is 0 Å². The van der Waals surface area contributed by atoms with E-state index in [1.165, 1.54) is 18.2 Å². The molecule has 0 radical (unpaired) electrons. The third-order valence-corrected chi connectivity index (χ3v) is 7.07. The first kappa shape index (κ1) is 15.5. The maximum absolute atomic E-state index is 12.6. The van der Waals surface area contributed by atoms with Gasteiger partial charge < -0.3 is 0 Å². The van der Waals surface area contributed by atoms with E-state index in [2.05, 4.69) is 12.1 Å². The molecule has 1 saturated carbocycles. The van der Waals surface area contributed by atoms with Crippen molar-refractivity contribution in [3.63, 3.8) is 0 Å². The Hall–Kier alpha value is -1.36. The summed E-state index contributed by atoms with van der Waals surface area (Å²) in [5.74, 6) is -0.340. The normalized spacial score (nSPS) is 26.0. The van der Waals surface area contributed by atoms with Crippen LogP contribution in [0, 0.1) is 5.92 Å². The number of hydrogen-bond donors (Lipinski definition) is 0.